The van der Waals surface area contributed by atoms with Crippen LogP contribution in [0.4, 0.5) is 5.13 Å². The van der Waals surface area contributed by atoms with E-state index in [-0.39, 0.29) is 11.7 Å². The molecular weight excluding hydrogens is 438 g/mol. The summed E-state index contributed by atoms with van der Waals surface area (Å²) in [4.78, 5) is 17.1. The van der Waals surface area contributed by atoms with Crippen molar-refractivity contribution in [3.8, 4) is 16.9 Å². The summed E-state index contributed by atoms with van der Waals surface area (Å²) in [7, 11) is 0. The van der Waals surface area contributed by atoms with Crippen molar-refractivity contribution in [1.29, 1.82) is 0 Å². The second-order valence-electron chi connectivity index (χ2n) is 6.58. The predicted molar refractivity (Wildman–Crippen MR) is 123 cm³/mol. The molecule has 1 N–H and O–H groups in total. The lowest BCUT2D eigenvalue weighted by molar-refractivity contribution is -0.113. The molecule has 4 aromatic rings. The van der Waals surface area contributed by atoms with E-state index in [1.165, 1.54) is 28.7 Å². The first kappa shape index (κ1) is 20.6. The highest BCUT2D eigenvalue weighted by Gasteiger charge is 2.15. The molecule has 6 nitrogen and oxygen atoms in total. The fourth-order valence-electron chi connectivity index (χ4n) is 2.75. The van der Waals surface area contributed by atoms with Gasteiger partial charge >= 0.3 is 0 Å². The number of carbonyl (C=O) groups excluding carboxylic acids is 1. The largest absolute Gasteiger partial charge is 0.300 e. The highest BCUT2D eigenvalue weighted by atomic mass is 35.5. The van der Waals surface area contributed by atoms with Crippen molar-refractivity contribution in [3.05, 3.63) is 70.3 Å². The van der Waals surface area contributed by atoms with Crippen molar-refractivity contribution < 1.29 is 4.79 Å². The molecule has 30 heavy (non-hydrogen) atoms. The lowest BCUT2D eigenvalue weighted by Gasteiger charge is -2.07. The summed E-state index contributed by atoms with van der Waals surface area (Å²) >= 11 is 8.73. The maximum absolute atomic E-state index is 12.4. The average molecular weight is 456 g/mol. The third kappa shape index (κ3) is 4.89. The monoisotopic (exact) mass is 455 g/mol. The van der Waals surface area contributed by atoms with E-state index in [2.05, 4.69) is 27.6 Å². The molecule has 0 unspecified atom stereocenters. The van der Waals surface area contributed by atoms with E-state index >= 15 is 0 Å². The summed E-state index contributed by atoms with van der Waals surface area (Å²) in [5.41, 5.74) is 3.93. The number of hydrogen-bond donors (Lipinski definition) is 1. The van der Waals surface area contributed by atoms with E-state index in [1.807, 2.05) is 61.0 Å². The Bertz CT molecular complexity index is 1170. The van der Waals surface area contributed by atoms with E-state index in [9.17, 15) is 4.79 Å². The van der Waals surface area contributed by atoms with Crippen molar-refractivity contribution in [2.75, 3.05) is 11.1 Å². The molecule has 2 aromatic carbocycles. The third-order valence-corrected chi connectivity index (χ3v) is 6.19. The van der Waals surface area contributed by atoms with Gasteiger partial charge in [-0.2, -0.15) is 0 Å². The van der Waals surface area contributed by atoms with Crippen LogP contribution in [-0.4, -0.2) is 31.4 Å². The van der Waals surface area contributed by atoms with E-state index in [1.54, 1.807) is 0 Å². The Kier molecular flexibility index (Phi) is 6.17. The fraction of sp³-hybridized carbons (Fsp3) is 0.143. The highest BCUT2D eigenvalue weighted by molar-refractivity contribution is 7.99. The fourth-order valence-corrected chi connectivity index (χ4v) is 4.27. The Morgan fingerprint density at radius 1 is 1.10 bits per heavy atom. The van der Waals surface area contributed by atoms with Gasteiger partial charge < -0.3 is 0 Å². The van der Waals surface area contributed by atoms with E-state index < -0.39 is 0 Å². The highest BCUT2D eigenvalue weighted by Crippen LogP contribution is 2.28. The smallest absolute Gasteiger partial charge is 0.236 e. The van der Waals surface area contributed by atoms with Crippen molar-refractivity contribution in [1.82, 2.24) is 19.7 Å². The number of halogens is 1. The van der Waals surface area contributed by atoms with Gasteiger partial charge in [0.15, 0.2) is 5.16 Å². The van der Waals surface area contributed by atoms with Crippen LogP contribution >= 0.6 is 34.7 Å². The lowest BCUT2D eigenvalue weighted by atomic mass is 10.2. The van der Waals surface area contributed by atoms with Gasteiger partial charge in [-0.1, -0.05) is 64.5 Å². The number of nitrogens with one attached hydrogen (secondary N) is 1. The molecule has 0 aliphatic heterocycles. The van der Waals surface area contributed by atoms with Gasteiger partial charge in [-0.05, 0) is 38.1 Å². The number of carbonyl (C=O) groups is 1. The summed E-state index contributed by atoms with van der Waals surface area (Å²) in [5.74, 6) is 0.0596. The van der Waals surface area contributed by atoms with Crippen LogP contribution in [0.3, 0.4) is 0 Å². The van der Waals surface area contributed by atoms with Gasteiger partial charge in [-0.3, -0.25) is 14.7 Å². The zero-order valence-electron chi connectivity index (χ0n) is 16.3. The summed E-state index contributed by atoms with van der Waals surface area (Å²) in [6.07, 6.45) is 1.97. The number of thioether (sulfide) groups is 1. The molecule has 2 aromatic heterocycles. The van der Waals surface area contributed by atoms with Crippen LogP contribution in [0.15, 0.2) is 59.9 Å². The normalized spacial score (nSPS) is 10.9. The molecule has 0 fully saturated rings. The third-order valence-electron chi connectivity index (χ3n) is 4.23. The molecule has 1 amide bonds. The lowest BCUT2D eigenvalue weighted by Crippen LogP contribution is -2.14. The van der Waals surface area contributed by atoms with E-state index in [0.717, 1.165) is 27.1 Å². The standard InChI is InChI=1S/C21H18ClN5OS2/c1-13-3-9-17(10-4-13)27-11-18(15-5-7-16(22)8-6-15)23-21(27)29-12-19(28)24-20-26-25-14(2)30-20/h3-11H,12H2,1-2H3,(H,24,26,28). The van der Waals surface area contributed by atoms with E-state index in [0.29, 0.717) is 10.2 Å². The molecule has 152 valence electrons. The second kappa shape index (κ2) is 8.99. The number of rotatable bonds is 6. The van der Waals surface area contributed by atoms with Crippen LogP contribution in [-0.2, 0) is 4.79 Å². The van der Waals surface area contributed by atoms with Gasteiger partial charge in [0.05, 0.1) is 11.4 Å². The van der Waals surface area contributed by atoms with Crippen molar-refractivity contribution in [3.63, 3.8) is 0 Å². The van der Waals surface area contributed by atoms with E-state index in [4.69, 9.17) is 16.6 Å². The molecule has 2 heterocycles. The Morgan fingerprint density at radius 3 is 2.50 bits per heavy atom. The molecule has 0 atom stereocenters. The molecule has 0 radical (unpaired) electrons. The Balaban J connectivity index is 1.58. The summed E-state index contributed by atoms with van der Waals surface area (Å²) in [6.45, 7) is 3.89. The minimum atomic E-state index is -0.150. The quantitative estimate of drug-likeness (QED) is 0.394. The van der Waals surface area contributed by atoms with Crippen molar-refractivity contribution >= 4 is 45.7 Å². The van der Waals surface area contributed by atoms with Crippen LogP contribution in [0.1, 0.15) is 10.6 Å². The Hall–Kier alpha value is -2.68. The van der Waals surface area contributed by atoms with Crippen LogP contribution in [0.25, 0.3) is 16.9 Å². The second-order valence-corrected chi connectivity index (χ2v) is 9.14. The summed E-state index contributed by atoms with van der Waals surface area (Å²) in [6, 6.07) is 15.7. The first-order chi connectivity index (χ1) is 14.5. The maximum atomic E-state index is 12.4. The topological polar surface area (TPSA) is 72.7 Å². The number of aryl methyl sites for hydroxylation is 2. The minimum absolute atomic E-state index is 0.150. The molecule has 0 aliphatic rings. The first-order valence-corrected chi connectivity index (χ1v) is 11.3. The van der Waals surface area contributed by atoms with Crippen LogP contribution in [0.2, 0.25) is 5.02 Å². The van der Waals surface area contributed by atoms with Crippen molar-refractivity contribution in [2.24, 2.45) is 0 Å². The zero-order chi connectivity index (χ0) is 21.1. The number of anilines is 1. The van der Waals surface area contributed by atoms with Crippen LogP contribution < -0.4 is 5.32 Å². The molecule has 0 bridgehead atoms. The average Bonchev–Trinajstić information content (AvgIpc) is 3.34. The zero-order valence-corrected chi connectivity index (χ0v) is 18.7. The SMILES string of the molecule is Cc1ccc(-n2cc(-c3ccc(Cl)cc3)nc2SCC(=O)Nc2nnc(C)s2)cc1. The van der Waals surface area contributed by atoms with Gasteiger partial charge in [-0.25, -0.2) is 4.98 Å². The molecule has 0 saturated carbocycles. The van der Waals surface area contributed by atoms with Crippen LogP contribution in [0, 0.1) is 13.8 Å². The number of nitrogens with zero attached hydrogens (tertiary/aromatic N) is 4. The van der Waals surface area contributed by atoms with Crippen LogP contribution in [0.5, 0.6) is 0 Å². The number of imidazole rings is 1. The molecule has 0 spiro atoms. The first-order valence-electron chi connectivity index (χ1n) is 9.13. The van der Waals surface area contributed by atoms with Gasteiger partial charge in [-0.15, -0.1) is 10.2 Å². The Labute approximate surface area is 187 Å². The summed E-state index contributed by atoms with van der Waals surface area (Å²) < 4.78 is 2.00. The maximum Gasteiger partial charge on any atom is 0.236 e. The number of benzene rings is 2. The molecule has 9 heteroatoms. The van der Waals surface area contributed by atoms with Gasteiger partial charge in [0.1, 0.15) is 5.01 Å². The molecule has 4 rings (SSSR count). The molecular formula is C21H18ClN5OS2. The minimum Gasteiger partial charge on any atom is -0.300 e. The number of aromatic nitrogens is 4. The van der Waals surface area contributed by atoms with Crippen molar-refractivity contribution in [2.45, 2.75) is 19.0 Å². The molecule has 0 aliphatic carbocycles. The van der Waals surface area contributed by atoms with Gasteiger partial charge in [0.2, 0.25) is 11.0 Å². The molecule has 0 saturated heterocycles. The van der Waals surface area contributed by atoms with Gasteiger partial charge in [0, 0.05) is 22.5 Å². The summed E-state index contributed by atoms with van der Waals surface area (Å²) in [5, 5.41) is 13.3. The van der Waals surface area contributed by atoms with Gasteiger partial charge in [0.25, 0.3) is 0 Å². The Morgan fingerprint density at radius 2 is 1.83 bits per heavy atom. The number of hydrogen-bond acceptors (Lipinski definition) is 6. The predicted octanol–water partition coefficient (Wildman–Crippen LogP) is 5.39. The number of amides is 1.